The topological polar surface area (TPSA) is 163 Å². The molecule has 0 spiro atoms. The number of carboxylic acids is 1. The van der Waals surface area contributed by atoms with E-state index in [4.69, 9.17) is 14.9 Å². The van der Waals surface area contributed by atoms with Crippen molar-refractivity contribution in [3.8, 4) is 0 Å². The summed E-state index contributed by atoms with van der Waals surface area (Å²) in [5.74, 6) is -0.831. The predicted molar refractivity (Wildman–Crippen MR) is 74.5 cm³/mol. The first-order valence-corrected chi connectivity index (χ1v) is 6.78. The second-order valence-corrected chi connectivity index (χ2v) is 5.02. The van der Waals surface area contributed by atoms with Crippen LogP contribution in [0.1, 0.15) is 6.23 Å². The molecule has 23 heavy (non-hydrogen) atoms. The maximum absolute atomic E-state index is 10.6. The fourth-order valence-corrected chi connectivity index (χ4v) is 2.44. The van der Waals surface area contributed by atoms with E-state index >= 15 is 0 Å². The molecular formula is C12H15N5O6. The van der Waals surface area contributed by atoms with Gasteiger partial charge in [-0.25, -0.2) is 15.0 Å². The van der Waals surface area contributed by atoms with Crippen LogP contribution in [0.4, 0.5) is 5.82 Å². The molecule has 1 aliphatic heterocycles. The second kappa shape index (κ2) is 6.04. The van der Waals surface area contributed by atoms with Gasteiger partial charge in [0.05, 0.1) is 12.9 Å². The Labute approximate surface area is 129 Å². The number of carbonyl (C=O) groups is 1. The van der Waals surface area contributed by atoms with Crippen molar-refractivity contribution < 1.29 is 30.0 Å². The molecule has 1 saturated heterocycles. The number of aliphatic hydroxyl groups excluding tert-OH is 3. The van der Waals surface area contributed by atoms with E-state index in [1.54, 1.807) is 0 Å². The minimum atomic E-state index is -1.27. The summed E-state index contributed by atoms with van der Waals surface area (Å²) >= 11 is 0. The third kappa shape index (κ3) is 2.70. The van der Waals surface area contributed by atoms with Crippen LogP contribution in [0.15, 0.2) is 12.7 Å². The highest BCUT2D eigenvalue weighted by molar-refractivity contribution is 5.84. The molecule has 1 unspecified atom stereocenters. The number of carboxylic acid groups (broad SMARTS) is 1. The standard InChI is InChI=1S/C12H15N5O6/c18-2-5-8(21)9(22)12(23-5)17-4-16-7-10(13-1-6(19)20)14-3-15-11(7)17/h3-5,8-9,12,18,21-22H,1-2H2,(H,19,20)(H,13,14,15)/t5-,8+,9?,12-/m1/s1. The number of aromatic nitrogens is 4. The fraction of sp³-hybridized carbons (Fsp3) is 0.500. The number of anilines is 1. The van der Waals surface area contributed by atoms with Crippen LogP contribution in [0.3, 0.4) is 0 Å². The number of nitrogens with zero attached hydrogens (tertiary/aromatic N) is 4. The van der Waals surface area contributed by atoms with Gasteiger partial charge >= 0.3 is 5.97 Å². The molecule has 124 valence electrons. The number of fused-ring (bicyclic) bond motifs is 1. The summed E-state index contributed by atoms with van der Waals surface area (Å²) in [7, 11) is 0. The summed E-state index contributed by atoms with van der Waals surface area (Å²) in [6.45, 7) is -0.783. The molecular weight excluding hydrogens is 310 g/mol. The van der Waals surface area contributed by atoms with Crippen molar-refractivity contribution in [2.45, 2.75) is 24.5 Å². The molecule has 0 amide bonds. The van der Waals surface area contributed by atoms with Crippen molar-refractivity contribution in [1.82, 2.24) is 19.5 Å². The first kappa shape index (κ1) is 15.6. The van der Waals surface area contributed by atoms with E-state index in [-0.39, 0.29) is 12.4 Å². The van der Waals surface area contributed by atoms with E-state index in [2.05, 4.69) is 20.3 Å². The maximum atomic E-state index is 10.6. The second-order valence-electron chi connectivity index (χ2n) is 5.02. The van der Waals surface area contributed by atoms with Gasteiger partial charge < -0.3 is 30.5 Å². The molecule has 0 aromatic carbocycles. The SMILES string of the molecule is O=C(O)CNc1ncnc2c1ncn2[C@@H]1O[C@H](CO)[C@H](O)C1O. The highest BCUT2D eigenvalue weighted by atomic mass is 16.6. The summed E-state index contributed by atoms with van der Waals surface area (Å²) in [6.07, 6.45) is -1.85. The van der Waals surface area contributed by atoms with Crippen molar-refractivity contribution in [1.29, 1.82) is 0 Å². The summed E-state index contributed by atoms with van der Waals surface area (Å²) in [4.78, 5) is 22.7. The number of hydrogen-bond donors (Lipinski definition) is 5. The molecule has 2 aromatic heterocycles. The first-order valence-electron chi connectivity index (χ1n) is 6.78. The van der Waals surface area contributed by atoms with E-state index in [0.29, 0.717) is 11.2 Å². The Hall–Kier alpha value is -2.34. The zero-order valence-corrected chi connectivity index (χ0v) is 11.8. The summed E-state index contributed by atoms with van der Waals surface area (Å²) < 4.78 is 6.82. The minimum absolute atomic E-state index is 0.225. The molecule has 11 heteroatoms. The van der Waals surface area contributed by atoms with Crippen LogP contribution in [-0.4, -0.2) is 77.4 Å². The van der Waals surface area contributed by atoms with Gasteiger partial charge in [0.2, 0.25) is 0 Å². The highest BCUT2D eigenvalue weighted by Gasteiger charge is 2.44. The predicted octanol–water partition coefficient (Wildman–Crippen LogP) is -2.07. The van der Waals surface area contributed by atoms with Crippen LogP contribution in [0.5, 0.6) is 0 Å². The van der Waals surface area contributed by atoms with E-state index in [1.165, 1.54) is 17.2 Å². The van der Waals surface area contributed by atoms with Gasteiger partial charge in [-0.15, -0.1) is 0 Å². The molecule has 0 aliphatic carbocycles. The minimum Gasteiger partial charge on any atom is -0.480 e. The number of nitrogens with one attached hydrogen (secondary N) is 1. The zero-order valence-electron chi connectivity index (χ0n) is 11.8. The lowest BCUT2D eigenvalue weighted by Crippen LogP contribution is -2.33. The lowest BCUT2D eigenvalue weighted by Gasteiger charge is -2.16. The Bertz CT molecular complexity index is 721. The van der Waals surface area contributed by atoms with Crippen LogP contribution in [0.25, 0.3) is 11.2 Å². The molecule has 0 bridgehead atoms. The lowest BCUT2D eigenvalue weighted by molar-refractivity contribution is -0.134. The molecule has 3 rings (SSSR count). The van der Waals surface area contributed by atoms with E-state index < -0.39 is 37.1 Å². The van der Waals surface area contributed by atoms with Crippen molar-refractivity contribution >= 4 is 23.0 Å². The van der Waals surface area contributed by atoms with Crippen LogP contribution >= 0.6 is 0 Å². The van der Waals surface area contributed by atoms with Crippen molar-refractivity contribution in [2.24, 2.45) is 0 Å². The number of aliphatic hydroxyl groups is 3. The third-order valence-corrected chi connectivity index (χ3v) is 3.56. The quantitative estimate of drug-likeness (QED) is 0.413. The van der Waals surface area contributed by atoms with E-state index in [9.17, 15) is 15.0 Å². The fourth-order valence-electron chi connectivity index (χ4n) is 2.44. The number of ether oxygens (including phenoxy) is 1. The number of hydrogen-bond acceptors (Lipinski definition) is 9. The Morgan fingerprint density at radius 1 is 1.30 bits per heavy atom. The van der Waals surface area contributed by atoms with Gasteiger partial charge in [0.1, 0.15) is 31.2 Å². The average Bonchev–Trinajstić information content (AvgIpc) is 3.08. The van der Waals surface area contributed by atoms with Crippen molar-refractivity contribution in [3.63, 3.8) is 0 Å². The van der Waals surface area contributed by atoms with Crippen molar-refractivity contribution in [3.05, 3.63) is 12.7 Å². The Kier molecular flexibility index (Phi) is 4.09. The molecule has 1 aliphatic rings. The Morgan fingerprint density at radius 3 is 2.74 bits per heavy atom. The summed E-state index contributed by atoms with van der Waals surface area (Å²) in [6, 6.07) is 0. The van der Waals surface area contributed by atoms with Crippen LogP contribution in [0, 0.1) is 0 Å². The third-order valence-electron chi connectivity index (χ3n) is 3.56. The lowest BCUT2D eigenvalue weighted by atomic mass is 10.1. The number of aliphatic carboxylic acids is 1. The first-order chi connectivity index (χ1) is 11.0. The maximum Gasteiger partial charge on any atom is 0.322 e. The smallest absolute Gasteiger partial charge is 0.322 e. The molecule has 4 atom stereocenters. The summed E-state index contributed by atoms with van der Waals surface area (Å²) in [5, 5.41) is 40.3. The number of rotatable bonds is 5. The Morgan fingerprint density at radius 2 is 2.09 bits per heavy atom. The van der Waals surface area contributed by atoms with Gasteiger partial charge in [0.25, 0.3) is 0 Å². The largest absolute Gasteiger partial charge is 0.480 e. The van der Waals surface area contributed by atoms with E-state index in [1.807, 2.05) is 0 Å². The van der Waals surface area contributed by atoms with Gasteiger partial charge in [-0.2, -0.15) is 0 Å². The molecule has 1 fully saturated rings. The molecule has 11 nitrogen and oxygen atoms in total. The van der Waals surface area contributed by atoms with Crippen LogP contribution in [-0.2, 0) is 9.53 Å². The van der Waals surface area contributed by atoms with Gasteiger partial charge in [0, 0.05) is 0 Å². The molecule has 0 saturated carbocycles. The normalized spacial score (nSPS) is 27.4. The molecule has 3 heterocycles. The van der Waals surface area contributed by atoms with Crippen LogP contribution < -0.4 is 5.32 Å². The van der Waals surface area contributed by atoms with Crippen LogP contribution in [0.2, 0.25) is 0 Å². The molecule has 5 N–H and O–H groups in total. The highest BCUT2D eigenvalue weighted by Crippen LogP contribution is 2.31. The monoisotopic (exact) mass is 325 g/mol. The Balaban J connectivity index is 1.94. The summed E-state index contributed by atoms with van der Waals surface area (Å²) in [5.41, 5.74) is 0.592. The molecule has 2 aromatic rings. The van der Waals surface area contributed by atoms with Gasteiger partial charge in [0.15, 0.2) is 23.2 Å². The average molecular weight is 325 g/mol. The van der Waals surface area contributed by atoms with Gasteiger partial charge in [-0.1, -0.05) is 0 Å². The van der Waals surface area contributed by atoms with Gasteiger partial charge in [-0.05, 0) is 0 Å². The van der Waals surface area contributed by atoms with Crippen molar-refractivity contribution in [2.75, 3.05) is 18.5 Å². The molecule has 0 radical (unpaired) electrons. The zero-order chi connectivity index (χ0) is 16.6. The van der Waals surface area contributed by atoms with Gasteiger partial charge in [-0.3, -0.25) is 9.36 Å². The number of imidazole rings is 1. The van der Waals surface area contributed by atoms with E-state index in [0.717, 1.165) is 0 Å².